The van der Waals surface area contributed by atoms with E-state index in [1.165, 1.54) is 39.7 Å². The number of benzene rings is 2. The molecule has 1 saturated heterocycles. The Labute approximate surface area is 166 Å². The molecule has 7 heteroatoms. The molecular weight excluding hydrogens is 376 g/mol. The summed E-state index contributed by atoms with van der Waals surface area (Å²) in [5.41, 5.74) is 2.81. The van der Waals surface area contributed by atoms with Crippen molar-refractivity contribution >= 4 is 16.0 Å². The zero-order chi connectivity index (χ0) is 20.1. The molecule has 6 nitrogen and oxygen atoms in total. The molecule has 150 valence electrons. The van der Waals surface area contributed by atoms with Gasteiger partial charge in [0.25, 0.3) is 0 Å². The summed E-state index contributed by atoms with van der Waals surface area (Å²) in [4.78, 5) is 14.2. The van der Waals surface area contributed by atoms with Crippen molar-refractivity contribution in [3.8, 4) is 0 Å². The number of carbonyl (C=O) groups is 1. The summed E-state index contributed by atoms with van der Waals surface area (Å²) in [5.74, 6) is -0.448. The van der Waals surface area contributed by atoms with Crippen LogP contribution in [0.5, 0.6) is 0 Å². The Bertz CT molecular complexity index is 900. The van der Waals surface area contributed by atoms with Gasteiger partial charge in [0, 0.05) is 32.7 Å². The van der Waals surface area contributed by atoms with Crippen LogP contribution in [-0.4, -0.2) is 56.4 Å². The van der Waals surface area contributed by atoms with Crippen molar-refractivity contribution in [1.82, 2.24) is 9.21 Å². The first kappa shape index (κ1) is 20.5. The summed E-state index contributed by atoms with van der Waals surface area (Å²) < 4.78 is 32.2. The zero-order valence-corrected chi connectivity index (χ0v) is 17.1. The molecule has 0 aromatic heterocycles. The number of hydrogen-bond acceptors (Lipinski definition) is 5. The molecule has 2 aromatic rings. The third-order valence-corrected chi connectivity index (χ3v) is 6.77. The van der Waals surface area contributed by atoms with E-state index in [4.69, 9.17) is 4.74 Å². The van der Waals surface area contributed by atoms with Gasteiger partial charge in [-0.1, -0.05) is 29.8 Å². The molecule has 0 saturated carbocycles. The maximum Gasteiger partial charge on any atom is 0.338 e. The molecule has 0 N–H and O–H groups in total. The number of aryl methyl sites for hydroxylation is 1. The SMILES string of the molecule is CCOC(=O)c1ccc(S(=O)(=O)N2CCN(Cc3ccc(C)cc3)CC2)cc1. The van der Waals surface area contributed by atoms with E-state index in [1.807, 2.05) is 0 Å². The summed E-state index contributed by atoms with van der Waals surface area (Å²) in [6.45, 7) is 7.18. The van der Waals surface area contributed by atoms with Crippen molar-refractivity contribution in [3.63, 3.8) is 0 Å². The third kappa shape index (κ3) is 4.79. The summed E-state index contributed by atoms with van der Waals surface area (Å²) in [6, 6.07) is 14.4. The lowest BCUT2D eigenvalue weighted by Gasteiger charge is -2.34. The van der Waals surface area contributed by atoms with Crippen LogP contribution >= 0.6 is 0 Å². The van der Waals surface area contributed by atoms with E-state index in [1.54, 1.807) is 6.92 Å². The fourth-order valence-electron chi connectivity index (χ4n) is 3.21. The second-order valence-corrected chi connectivity index (χ2v) is 8.85. The molecule has 0 spiro atoms. The van der Waals surface area contributed by atoms with Gasteiger partial charge in [0.05, 0.1) is 17.1 Å². The van der Waals surface area contributed by atoms with Gasteiger partial charge >= 0.3 is 5.97 Å². The molecule has 0 amide bonds. The molecule has 0 unspecified atom stereocenters. The van der Waals surface area contributed by atoms with E-state index in [-0.39, 0.29) is 11.5 Å². The van der Waals surface area contributed by atoms with Gasteiger partial charge < -0.3 is 4.74 Å². The van der Waals surface area contributed by atoms with Gasteiger partial charge in [-0.15, -0.1) is 0 Å². The number of rotatable bonds is 6. The first-order chi connectivity index (χ1) is 13.4. The average Bonchev–Trinajstić information content (AvgIpc) is 2.70. The molecule has 1 heterocycles. The quantitative estimate of drug-likeness (QED) is 0.695. The monoisotopic (exact) mass is 402 g/mol. The fraction of sp³-hybridized carbons (Fsp3) is 0.381. The highest BCUT2D eigenvalue weighted by Gasteiger charge is 2.28. The van der Waals surface area contributed by atoms with Crippen molar-refractivity contribution in [2.24, 2.45) is 0 Å². The van der Waals surface area contributed by atoms with Gasteiger partial charge in [0.2, 0.25) is 10.0 Å². The third-order valence-electron chi connectivity index (χ3n) is 4.86. The molecule has 0 bridgehead atoms. The Morgan fingerprint density at radius 2 is 1.57 bits per heavy atom. The van der Waals surface area contributed by atoms with Crippen LogP contribution in [0.15, 0.2) is 53.4 Å². The summed E-state index contributed by atoms with van der Waals surface area (Å²) >= 11 is 0. The topological polar surface area (TPSA) is 66.9 Å². The minimum absolute atomic E-state index is 0.201. The van der Waals surface area contributed by atoms with Gasteiger partial charge in [-0.3, -0.25) is 4.90 Å². The van der Waals surface area contributed by atoms with Gasteiger partial charge in [0.1, 0.15) is 0 Å². The summed E-state index contributed by atoms with van der Waals surface area (Å²) in [5, 5.41) is 0. The molecule has 1 aliphatic heterocycles. The van der Waals surface area contributed by atoms with E-state index in [9.17, 15) is 13.2 Å². The van der Waals surface area contributed by atoms with Crippen molar-refractivity contribution in [3.05, 3.63) is 65.2 Å². The number of hydrogen-bond donors (Lipinski definition) is 0. The van der Waals surface area contributed by atoms with E-state index in [0.717, 1.165) is 6.54 Å². The Morgan fingerprint density at radius 3 is 2.14 bits per heavy atom. The standard InChI is InChI=1S/C21H26N2O4S/c1-3-27-21(24)19-8-10-20(11-9-19)28(25,26)23-14-12-22(13-15-23)16-18-6-4-17(2)5-7-18/h4-11H,3,12-16H2,1-2H3. The van der Waals surface area contributed by atoms with Crippen LogP contribution in [-0.2, 0) is 21.3 Å². The van der Waals surface area contributed by atoms with Crippen molar-refractivity contribution in [1.29, 1.82) is 0 Å². The molecule has 3 rings (SSSR count). The van der Waals surface area contributed by atoms with Crippen LogP contribution < -0.4 is 0 Å². The molecule has 0 aliphatic carbocycles. The minimum Gasteiger partial charge on any atom is -0.462 e. The minimum atomic E-state index is -3.56. The fourth-order valence-corrected chi connectivity index (χ4v) is 4.63. The number of sulfonamides is 1. The Kier molecular flexibility index (Phi) is 6.49. The van der Waals surface area contributed by atoms with Crippen molar-refractivity contribution in [2.45, 2.75) is 25.3 Å². The Hall–Kier alpha value is -2.22. The van der Waals surface area contributed by atoms with Gasteiger partial charge in [-0.05, 0) is 43.7 Å². The lowest BCUT2D eigenvalue weighted by Crippen LogP contribution is -2.48. The van der Waals surface area contributed by atoms with Crippen molar-refractivity contribution in [2.75, 3.05) is 32.8 Å². The normalized spacial score (nSPS) is 16.1. The highest BCUT2D eigenvalue weighted by molar-refractivity contribution is 7.89. The van der Waals surface area contributed by atoms with E-state index < -0.39 is 16.0 Å². The van der Waals surface area contributed by atoms with Crippen LogP contribution in [0, 0.1) is 6.92 Å². The predicted molar refractivity (Wildman–Crippen MR) is 108 cm³/mol. The first-order valence-electron chi connectivity index (χ1n) is 9.45. The molecule has 1 fully saturated rings. The number of piperazine rings is 1. The maximum absolute atomic E-state index is 12.9. The first-order valence-corrected chi connectivity index (χ1v) is 10.9. The lowest BCUT2D eigenvalue weighted by atomic mass is 10.1. The van der Waals surface area contributed by atoms with Crippen LogP contribution in [0.4, 0.5) is 0 Å². The largest absolute Gasteiger partial charge is 0.462 e. The summed E-state index contributed by atoms with van der Waals surface area (Å²) in [6.07, 6.45) is 0. The second kappa shape index (κ2) is 8.86. The van der Waals surface area contributed by atoms with Crippen LogP contribution in [0.1, 0.15) is 28.4 Å². The highest BCUT2D eigenvalue weighted by Crippen LogP contribution is 2.19. The predicted octanol–water partition coefficient (Wildman–Crippen LogP) is 2.68. The lowest BCUT2D eigenvalue weighted by molar-refractivity contribution is 0.0526. The smallest absolute Gasteiger partial charge is 0.338 e. The molecule has 28 heavy (non-hydrogen) atoms. The van der Waals surface area contributed by atoms with E-state index in [0.29, 0.717) is 31.7 Å². The van der Waals surface area contributed by atoms with Crippen molar-refractivity contribution < 1.29 is 17.9 Å². The molecule has 0 radical (unpaired) electrons. The highest BCUT2D eigenvalue weighted by atomic mass is 32.2. The van der Waals surface area contributed by atoms with Gasteiger partial charge in [-0.25, -0.2) is 13.2 Å². The van der Waals surface area contributed by atoms with Crippen LogP contribution in [0.25, 0.3) is 0 Å². The van der Waals surface area contributed by atoms with Gasteiger partial charge in [-0.2, -0.15) is 4.31 Å². The Balaban J connectivity index is 1.61. The number of carbonyl (C=O) groups excluding carboxylic acids is 1. The molecule has 2 aromatic carbocycles. The summed E-state index contributed by atoms with van der Waals surface area (Å²) in [7, 11) is -3.56. The molecule has 0 atom stereocenters. The molecular formula is C21H26N2O4S. The second-order valence-electron chi connectivity index (χ2n) is 6.91. The van der Waals surface area contributed by atoms with Gasteiger partial charge in [0.15, 0.2) is 0 Å². The van der Waals surface area contributed by atoms with E-state index >= 15 is 0 Å². The number of esters is 1. The van der Waals surface area contributed by atoms with Crippen LogP contribution in [0.3, 0.4) is 0 Å². The number of nitrogens with zero attached hydrogens (tertiary/aromatic N) is 2. The van der Waals surface area contributed by atoms with E-state index in [2.05, 4.69) is 36.1 Å². The molecule has 1 aliphatic rings. The Morgan fingerprint density at radius 1 is 0.964 bits per heavy atom. The average molecular weight is 403 g/mol. The number of ether oxygens (including phenoxy) is 1. The zero-order valence-electron chi connectivity index (χ0n) is 16.3. The van der Waals surface area contributed by atoms with Crippen LogP contribution in [0.2, 0.25) is 0 Å². The maximum atomic E-state index is 12.9.